The number of aromatic amines is 1. The van der Waals surface area contributed by atoms with Crippen LogP contribution in [0.2, 0.25) is 5.02 Å². The molecule has 1 aliphatic rings. The third-order valence-corrected chi connectivity index (χ3v) is 6.08. The largest absolute Gasteiger partial charge is 0.356 e. The number of nitrogens with one attached hydrogen (secondary N) is 4. The second kappa shape index (κ2) is 9.84. The van der Waals surface area contributed by atoms with Gasteiger partial charge in [-0.05, 0) is 55.4 Å². The van der Waals surface area contributed by atoms with E-state index in [0.29, 0.717) is 30.1 Å². The van der Waals surface area contributed by atoms with E-state index in [1.54, 1.807) is 18.2 Å². The molecular weight excluding hydrogens is 442 g/mol. The standard InChI is InChI=1S/C24H30ClN5O3/c1-13-17-10-15(25)5-6-18(17)29-20(13)23(33)30-19(11-24(2,3)4)22(32)28-16(12-26)9-14-7-8-27-21(14)31/h5-6,10,14,16,19,29H,7-9,11H2,1-4H3,(H,27,31)(H,28,32)(H,30,33)/t14-,16-,19-/m0/s1. The van der Waals surface area contributed by atoms with Crippen molar-refractivity contribution in [2.45, 2.75) is 59.0 Å². The number of halogens is 1. The predicted molar refractivity (Wildman–Crippen MR) is 127 cm³/mol. The number of benzene rings is 1. The lowest BCUT2D eigenvalue weighted by Crippen LogP contribution is -2.51. The fourth-order valence-corrected chi connectivity index (χ4v) is 4.32. The zero-order valence-corrected chi connectivity index (χ0v) is 20.1. The number of aryl methyl sites for hydroxylation is 1. The van der Waals surface area contributed by atoms with Crippen molar-refractivity contribution >= 4 is 40.2 Å². The third kappa shape index (κ3) is 6.05. The number of fused-ring (bicyclic) bond motifs is 1. The van der Waals surface area contributed by atoms with Gasteiger partial charge < -0.3 is 20.9 Å². The molecule has 176 valence electrons. The van der Waals surface area contributed by atoms with Gasteiger partial charge in [0.15, 0.2) is 0 Å². The molecule has 0 radical (unpaired) electrons. The summed E-state index contributed by atoms with van der Waals surface area (Å²) in [5.41, 5.74) is 1.62. The van der Waals surface area contributed by atoms with Crippen molar-refractivity contribution in [3.05, 3.63) is 34.5 Å². The van der Waals surface area contributed by atoms with Gasteiger partial charge in [0, 0.05) is 28.4 Å². The van der Waals surface area contributed by atoms with E-state index in [1.165, 1.54) is 0 Å². The average molecular weight is 472 g/mol. The molecule has 1 aliphatic heterocycles. The molecule has 33 heavy (non-hydrogen) atoms. The van der Waals surface area contributed by atoms with Crippen LogP contribution in [0.25, 0.3) is 10.9 Å². The summed E-state index contributed by atoms with van der Waals surface area (Å²) in [5.74, 6) is -1.25. The number of amides is 3. The molecule has 0 aliphatic carbocycles. The van der Waals surface area contributed by atoms with E-state index in [0.717, 1.165) is 16.5 Å². The molecule has 2 aromatic rings. The molecule has 0 bridgehead atoms. The van der Waals surface area contributed by atoms with Gasteiger partial charge in [-0.3, -0.25) is 14.4 Å². The second-order valence-electron chi connectivity index (χ2n) is 9.81. The first-order chi connectivity index (χ1) is 15.5. The molecule has 0 spiro atoms. The van der Waals surface area contributed by atoms with Crippen LogP contribution >= 0.6 is 11.6 Å². The molecule has 8 nitrogen and oxygen atoms in total. The summed E-state index contributed by atoms with van der Waals surface area (Å²) >= 11 is 6.09. The molecule has 1 saturated heterocycles. The van der Waals surface area contributed by atoms with Gasteiger partial charge in [0.05, 0.1) is 6.07 Å². The van der Waals surface area contributed by atoms with Crippen LogP contribution in [0.5, 0.6) is 0 Å². The van der Waals surface area contributed by atoms with Crippen molar-refractivity contribution in [2.75, 3.05) is 6.54 Å². The molecule has 2 heterocycles. The Morgan fingerprint density at radius 2 is 2.03 bits per heavy atom. The first kappa shape index (κ1) is 24.6. The van der Waals surface area contributed by atoms with Crippen LogP contribution in [0, 0.1) is 29.6 Å². The third-order valence-electron chi connectivity index (χ3n) is 5.84. The Labute approximate surface area is 198 Å². The Balaban J connectivity index is 1.77. The lowest BCUT2D eigenvalue weighted by atomic mass is 9.87. The fourth-order valence-electron chi connectivity index (χ4n) is 4.15. The molecule has 1 fully saturated rings. The second-order valence-corrected chi connectivity index (χ2v) is 10.2. The summed E-state index contributed by atoms with van der Waals surface area (Å²) in [6, 6.07) is 5.74. The molecule has 3 rings (SSSR count). The number of hydrogen-bond acceptors (Lipinski definition) is 4. The van der Waals surface area contributed by atoms with Gasteiger partial charge in [-0.1, -0.05) is 32.4 Å². The average Bonchev–Trinajstić information content (AvgIpc) is 3.28. The first-order valence-electron chi connectivity index (χ1n) is 11.0. The fraction of sp³-hybridized carbons (Fsp3) is 0.500. The van der Waals surface area contributed by atoms with Crippen molar-refractivity contribution in [1.82, 2.24) is 20.9 Å². The smallest absolute Gasteiger partial charge is 0.268 e. The molecule has 1 aromatic carbocycles. The normalized spacial score (nSPS) is 17.8. The van der Waals surface area contributed by atoms with E-state index in [1.807, 2.05) is 27.7 Å². The number of hydrogen-bond donors (Lipinski definition) is 4. The minimum Gasteiger partial charge on any atom is -0.356 e. The summed E-state index contributed by atoms with van der Waals surface area (Å²) in [6.07, 6.45) is 1.25. The van der Waals surface area contributed by atoms with E-state index in [-0.39, 0.29) is 23.7 Å². The summed E-state index contributed by atoms with van der Waals surface area (Å²) in [5, 5.41) is 19.2. The van der Waals surface area contributed by atoms with Crippen molar-refractivity contribution < 1.29 is 14.4 Å². The minimum atomic E-state index is -0.847. The maximum Gasteiger partial charge on any atom is 0.268 e. The van der Waals surface area contributed by atoms with Gasteiger partial charge in [-0.15, -0.1) is 0 Å². The van der Waals surface area contributed by atoms with Gasteiger partial charge in [0.2, 0.25) is 11.8 Å². The number of nitrogens with zero attached hydrogens (tertiary/aromatic N) is 1. The Kier molecular flexibility index (Phi) is 7.33. The summed E-state index contributed by atoms with van der Waals surface area (Å²) < 4.78 is 0. The van der Waals surface area contributed by atoms with Crippen molar-refractivity contribution in [3.8, 4) is 6.07 Å². The van der Waals surface area contributed by atoms with E-state index in [2.05, 4.69) is 27.0 Å². The maximum absolute atomic E-state index is 13.1. The molecule has 0 saturated carbocycles. The van der Waals surface area contributed by atoms with Crippen LogP contribution in [-0.4, -0.2) is 41.3 Å². The highest BCUT2D eigenvalue weighted by molar-refractivity contribution is 6.31. The molecule has 1 aromatic heterocycles. The Bertz CT molecular complexity index is 1110. The highest BCUT2D eigenvalue weighted by Gasteiger charge is 2.32. The zero-order valence-electron chi connectivity index (χ0n) is 19.3. The van der Waals surface area contributed by atoms with Crippen LogP contribution in [-0.2, 0) is 9.59 Å². The Hall–Kier alpha value is -3.05. The molecule has 9 heteroatoms. The highest BCUT2D eigenvalue weighted by atomic mass is 35.5. The van der Waals surface area contributed by atoms with Crippen LogP contribution < -0.4 is 16.0 Å². The number of rotatable bonds is 7. The van der Waals surface area contributed by atoms with E-state index in [4.69, 9.17) is 11.6 Å². The van der Waals surface area contributed by atoms with Crippen LogP contribution in [0.1, 0.15) is 56.1 Å². The highest BCUT2D eigenvalue weighted by Crippen LogP contribution is 2.26. The molecular formula is C24H30ClN5O3. The number of aromatic nitrogens is 1. The lowest BCUT2D eigenvalue weighted by molar-refractivity contribution is -0.125. The molecule has 0 unspecified atom stereocenters. The zero-order chi connectivity index (χ0) is 24.3. The van der Waals surface area contributed by atoms with Crippen LogP contribution in [0.15, 0.2) is 18.2 Å². The van der Waals surface area contributed by atoms with Gasteiger partial charge >= 0.3 is 0 Å². The predicted octanol–water partition coefficient (Wildman–Crippen LogP) is 3.20. The van der Waals surface area contributed by atoms with Gasteiger partial charge in [0.25, 0.3) is 5.91 Å². The van der Waals surface area contributed by atoms with E-state index >= 15 is 0 Å². The number of H-pyrrole nitrogens is 1. The van der Waals surface area contributed by atoms with Crippen molar-refractivity contribution in [3.63, 3.8) is 0 Å². The molecule has 4 N–H and O–H groups in total. The van der Waals surface area contributed by atoms with Crippen molar-refractivity contribution in [2.24, 2.45) is 11.3 Å². The van der Waals surface area contributed by atoms with E-state index in [9.17, 15) is 19.6 Å². The Morgan fingerprint density at radius 1 is 1.30 bits per heavy atom. The lowest BCUT2D eigenvalue weighted by Gasteiger charge is -2.27. The SMILES string of the molecule is Cc1c(C(=O)N[C@@H](CC(C)(C)C)C(=O)N[C@H](C#N)C[C@@H]2CCNC2=O)[nH]c2ccc(Cl)cc12. The Morgan fingerprint density at radius 3 is 2.64 bits per heavy atom. The summed E-state index contributed by atoms with van der Waals surface area (Å²) in [4.78, 5) is 41.2. The van der Waals surface area contributed by atoms with Gasteiger partial charge in [-0.25, -0.2) is 0 Å². The summed E-state index contributed by atoms with van der Waals surface area (Å²) in [6.45, 7) is 8.31. The van der Waals surface area contributed by atoms with Crippen molar-refractivity contribution in [1.29, 1.82) is 5.26 Å². The van der Waals surface area contributed by atoms with Crippen LogP contribution in [0.4, 0.5) is 0 Å². The summed E-state index contributed by atoms with van der Waals surface area (Å²) in [7, 11) is 0. The minimum absolute atomic E-state index is 0.0987. The maximum atomic E-state index is 13.1. The van der Waals surface area contributed by atoms with E-state index < -0.39 is 23.9 Å². The number of nitriles is 1. The quantitative estimate of drug-likeness (QED) is 0.494. The van der Waals surface area contributed by atoms with Gasteiger partial charge in [0.1, 0.15) is 17.8 Å². The van der Waals surface area contributed by atoms with Gasteiger partial charge in [-0.2, -0.15) is 5.26 Å². The molecule has 3 atom stereocenters. The first-order valence-corrected chi connectivity index (χ1v) is 11.4. The van der Waals surface area contributed by atoms with Crippen LogP contribution in [0.3, 0.4) is 0 Å². The molecule has 3 amide bonds. The topological polar surface area (TPSA) is 127 Å². The number of carbonyl (C=O) groups is 3. The number of carbonyl (C=O) groups excluding carboxylic acids is 3. The monoisotopic (exact) mass is 471 g/mol.